The number of hydrogen-bond donors (Lipinski definition) is 1. The Bertz CT molecular complexity index is 440. The predicted octanol–water partition coefficient (Wildman–Crippen LogP) is 2.79. The van der Waals surface area contributed by atoms with Gasteiger partial charge in [0, 0.05) is 10.6 Å². The highest BCUT2D eigenvalue weighted by atomic mass is 35.5. The van der Waals surface area contributed by atoms with E-state index in [0.29, 0.717) is 5.02 Å². The summed E-state index contributed by atoms with van der Waals surface area (Å²) in [4.78, 5) is 12.1. The van der Waals surface area contributed by atoms with Crippen molar-refractivity contribution < 1.29 is 4.79 Å². The molecular formula is C13H16ClNO. The highest BCUT2D eigenvalue weighted by Crippen LogP contribution is 2.37. The van der Waals surface area contributed by atoms with E-state index in [4.69, 9.17) is 11.6 Å². The molecule has 0 heterocycles. The summed E-state index contributed by atoms with van der Waals surface area (Å²) in [6, 6.07) is 5.46. The second kappa shape index (κ2) is 3.86. The molecule has 0 radical (unpaired) electrons. The second-order valence-electron chi connectivity index (χ2n) is 4.98. The first-order valence-electron chi connectivity index (χ1n) is 5.47. The fraction of sp³-hybridized carbons (Fsp3) is 0.462. The molecule has 2 nitrogen and oxygen atoms in total. The van der Waals surface area contributed by atoms with E-state index in [0.717, 1.165) is 17.5 Å². The number of rotatable bonds is 1. The molecule has 0 saturated carbocycles. The van der Waals surface area contributed by atoms with Gasteiger partial charge >= 0.3 is 0 Å². The standard InChI is InChI=1S/C13H16ClNO/c1-13(2)7-11(15-3)12(16)9-5-4-8(14)6-10(9)13/h4-6,11,15H,7H2,1-3H3. The summed E-state index contributed by atoms with van der Waals surface area (Å²) < 4.78 is 0. The summed E-state index contributed by atoms with van der Waals surface area (Å²) in [5.41, 5.74) is 1.86. The molecule has 0 aliphatic heterocycles. The molecule has 0 bridgehead atoms. The van der Waals surface area contributed by atoms with Gasteiger partial charge in [0.1, 0.15) is 0 Å². The summed E-state index contributed by atoms with van der Waals surface area (Å²) in [5.74, 6) is 0.175. The number of nitrogens with one attached hydrogen (secondary N) is 1. The number of Topliss-reactive ketones (excluding diaryl/α,β-unsaturated/α-hetero) is 1. The van der Waals surface area contributed by atoms with Gasteiger partial charge in [-0.15, -0.1) is 0 Å². The van der Waals surface area contributed by atoms with Crippen molar-refractivity contribution in [1.29, 1.82) is 0 Å². The van der Waals surface area contributed by atoms with Crippen molar-refractivity contribution in [2.45, 2.75) is 31.7 Å². The molecule has 1 aromatic carbocycles. The van der Waals surface area contributed by atoms with Crippen LogP contribution < -0.4 is 5.32 Å². The third kappa shape index (κ3) is 1.76. The van der Waals surface area contributed by atoms with E-state index in [9.17, 15) is 4.79 Å². The van der Waals surface area contributed by atoms with Crippen molar-refractivity contribution in [1.82, 2.24) is 5.32 Å². The van der Waals surface area contributed by atoms with Crippen molar-refractivity contribution >= 4 is 17.4 Å². The molecule has 1 aromatic rings. The Kier molecular flexibility index (Phi) is 2.81. The van der Waals surface area contributed by atoms with Gasteiger partial charge < -0.3 is 5.32 Å². The van der Waals surface area contributed by atoms with Gasteiger partial charge in [0.15, 0.2) is 5.78 Å². The first-order chi connectivity index (χ1) is 7.45. The van der Waals surface area contributed by atoms with Crippen LogP contribution in [0.15, 0.2) is 18.2 Å². The number of carbonyl (C=O) groups is 1. The minimum absolute atomic E-state index is 0.0121. The molecule has 1 aliphatic carbocycles. The van der Waals surface area contributed by atoms with E-state index in [1.807, 2.05) is 19.2 Å². The Hall–Kier alpha value is -0.860. The van der Waals surface area contributed by atoms with E-state index < -0.39 is 0 Å². The third-order valence-corrected chi connectivity index (χ3v) is 3.59. The zero-order chi connectivity index (χ0) is 11.9. The van der Waals surface area contributed by atoms with Crippen LogP contribution in [-0.4, -0.2) is 18.9 Å². The van der Waals surface area contributed by atoms with E-state index in [1.54, 1.807) is 6.07 Å². The first-order valence-corrected chi connectivity index (χ1v) is 5.85. The zero-order valence-electron chi connectivity index (χ0n) is 9.80. The predicted molar refractivity (Wildman–Crippen MR) is 66.3 cm³/mol. The maximum Gasteiger partial charge on any atom is 0.180 e. The van der Waals surface area contributed by atoms with Gasteiger partial charge in [0.25, 0.3) is 0 Å². The van der Waals surface area contributed by atoms with E-state index in [-0.39, 0.29) is 17.2 Å². The fourth-order valence-corrected chi connectivity index (χ4v) is 2.60. The molecule has 2 rings (SSSR count). The van der Waals surface area contributed by atoms with Crippen molar-refractivity contribution in [3.63, 3.8) is 0 Å². The largest absolute Gasteiger partial charge is 0.310 e. The van der Waals surface area contributed by atoms with Gasteiger partial charge in [-0.2, -0.15) is 0 Å². The lowest BCUT2D eigenvalue weighted by molar-refractivity contribution is 0.0911. The van der Waals surface area contributed by atoms with Gasteiger partial charge in [-0.05, 0) is 42.6 Å². The number of ketones is 1. The maximum atomic E-state index is 12.1. The summed E-state index contributed by atoms with van der Waals surface area (Å²) in [6.45, 7) is 4.30. The summed E-state index contributed by atoms with van der Waals surface area (Å²) in [5, 5.41) is 3.78. The molecule has 86 valence electrons. The Morgan fingerprint density at radius 2 is 2.12 bits per heavy atom. The van der Waals surface area contributed by atoms with Crippen molar-refractivity contribution in [2.75, 3.05) is 7.05 Å². The van der Waals surface area contributed by atoms with Crippen LogP contribution in [0.1, 0.15) is 36.2 Å². The second-order valence-corrected chi connectivity index (χ2v) is 5.42. The molecule has 0 spiro atoms. The van der Waals surface area contributed by atoms with E-state index in [2.05, 4.69) is 19.2 Å². The Morgan fingerprint density at radius 3 is 2.75 bits per heavy atom. The van der Waals surface area contributed by atoms with Gasteiger partial charge in [0.2, 0.25) is 0 Å². The maximum absolute atomic E-state index is 12.1. The minimum Gasteiger partial charge on any atom is -0.310 e. The molecule has 16 heavy (non-hydrogen) atoms. The zero-order valence-corrected chi connectivity index (χ0v) is 10.6. The lowest BCUT2D eigenvalue weighted by Crippen LogP contribution is -2.44. The summed E-state index contributed by atoms with van der Waals surface area (Å²) >= 11 is 5.99. The Morgan fingerprint density at radius 1 is 1.44 bits per heavy atom. The monoisotopic (exact) mass is 237 g/mol. The Balaban J connectivity index is 2.58. The molecule has 1 atom stereocenters. The molecule has 1 aliphatic rings. The topological polar surface area (TPSA) is 29.1 Å². The minimum atomic E-state index is -0.0799. The summed E-state index contributed by atoms with van der Waals surface area (Å²) in [6.07, 6.45) is 0.815. The van der Waals surface area contributed by atoms with Crippen molar-refractivity contribution in [3.8, 4) is 0 Å². The van der Waals surface area contributed by atoms with Gasteiger partial charge in [-0.1, -0.05) is 25.4 Å². The average molecular weight is 238 g/mol. The molecule has 1 N–H and O–H groups in total. The van der Waals surface area contributed by atoms with Crippen molar-refractivity contribution in [2.24, 2.45) is 0 Å². The van der Waals surface area contributed by atoms with E-state index >= 15 is 0 Å². The molecule has 0 saturated heterocycles. The number of likely N-dealkylation sites (N-methyl/N-ethyl adjacent to an activating group) is 1. The average Bonchev–Trinajstić information content (AvgIpc) is 2.23. The molecule has 0 amide bonds. The lowest BCUT2D eigenvalue weighted by Gasteiger charge is -2.36. The molecular weight excluding hydrogens is 222 g/mol. The highest BCUT2D eigenvalue weighted by molar-refractivity contribution is 6.30. The molecule has 3 heteroatoms. The smallest absolute Gasteiger partial charge is 0.180 e. The SMILES string of the molecule is CNC1CC(C)(C)c2cc(Cl)ccc2C1=O. The normalized spacial score (nSPS) is 23.0. The van der Waals surface area contributed by atoms with Gasteiger partial charge in [-0.3, -0.25) is 4.79 Å². The van der Waals surface area contributed by atoms with E-state index in [1.165, 1.54) is 0 Å². The van der Waals surface area contributed by atoms with Crippen LogP contribution in [0.25, 0.3) is 0 Å². The quantitative estimate of drug-likeness (QED) is 0.814. The number of carbonyl (C=O) groups excluding carboxylic acids is 1. The van der Waals surface area contributed by atoms with Crippen LogP contribution in [0, 0.1) is 0 Å². The van der Waals surface area contributed by atoms with Crippen LogP contribution in [0.5, 0.6) is 0 Å². The Labute approximate surface area is 101 Å². The molecule has 1 unspecified atom stereocenters. The van der Waals surface area contributed by atoms with Crippen LogP contribution in [-0.2, 0) is 5.41 Å². The lowest BCUT2D eigenvalue weighted by atomic mass is 9.70. The highest BCUT2D eigenvalue weighted by Gasteiger charge is 2.37. The number of benzene rings is 1. The molecule has 0 aromatic heterocycles. The van der Waals surface area contributed by atoms with Crippen LogP contribution in [0.2, 0.25) is 5.02 Å². The van der Waals surface area contributed by atoms with Crippen molar-refractivity contribution in [3.05, 3.63) is 34.3 Å². The number of hydrogen-bond acceptors (Lipinski definition) is 2. The summed E-state index contributed by atoms with van der Waals surface area (Å²) in [7, 11) is 1.83. The van der Waals surface area contributed by atoms with Crippen LogP contribution >= 0.6 is 11.6 Å². The van der Waals surface area contributed by atoms with Crippen LogP contribution in [0.4, 0.5) is 0 Å². The number of fused-ring (bicyclic) bond motifs is 1. The third-order valence-electron chi connectivity index (χ3n) is 3.36. The first kappa shape index (κ1) is 11.6. The van der Waals surface area contributed by atoms with Gasteiger partial charge in [0.05, 0.1) is 6.04 Å². The molecule has 0 fully saturated rings. The number of halogens is 1. The fourth-order valence-electron chi connectivity index (χ4n) is 2.43. The van der Waals surface area contributed by atoms with Crippen LogP contribution in [0.3, 0.4) is 0 Å². The van der Waals surface area contributed by atoms with Gasteiger partial charge in [-0.25, -0.2) is 0 Å².